The van der Waals surface area contributed by atoms with Crippen molar-refractivity contribution in [3.05, 3.63) is 121 Å². The zero-order chi connectivity index (χ0) is 23.0. The summed E-state index contributed by atoms with van der Waals surface area (Å²) < 4.78 is 0. The van der Waals surface area contributed by atoms with Crippen LogP contribution in [0.3, 0.4) is 0 Å². The molecule has 0 unspecified atom stereocenters. The summed E-state index contributed by atoms with van der Waals surface area (Å²) in [4.78, 5) is 5.26. The van der Waals surface area contributed by atoms with E-state index in [1.54, 1.807) is 0 Å². The average Bonchev–Trinajstić information content (AvgIpc) is 3.09. The number of para-hydroxylation sites is 1. The predicted octanol–water partition coefficient (Wildman–Crippen LogP) is 9.04. The molecule has 0 N–H and O–H groups in total. The quantitative estimate of drug-likeness (QED) is 0.276. The average molecular weight is 448 g/mol. The highest BCUT2D eigenvalue weighted by Gasteiger charge is 2.32. The van der Waals surface area contributed by atoms with Crippen molar-refractivity contribution in [2.75, 3.05) is 17.4 Å². The Morgan fingerprint density at radius 2 is 1.36 bits per heavy atom. The SMILES string of the molecule is C=C/C(=C\C)N(c1ccc2c(c1)S(C)(C)c1ccccc1-2)c1ccccc1-c1ccccc1. The first-order chi connectivity index (χ1) is 16.1. The fourth-order valence-corrected chi connectivity index (χ4v) is 7.37. The largest absolute Gasteiger partial charge is 0.310 e. The van der Waals surface area contributed by atoms with E-state index in [2.05, 4.69) is 134 Å². The van der Waals surface area contributed by atoms with Gasteiger partial charge >= 0.3 is 0 Å². The second-order valence-corrected chi connectivity index (χ2v) is 12.2. The lowest BCUT2D eigenvalue weighted by atomic mass is 10.0. The monoisotopic (exact) mass is 447 g/mol. The molecule has 1 heterocycles. The lowest BCUT2D eigenvalue weighted by Gasteiger charge is -2.32. The van der Waals surface area contributed by atoms with Gasteiger partial charge in [0.25, 0.3) is 0 Å². The van der Waals surface area contributed by atoms with Crippen LogP contribution in [-0.2, 0) is 0 Å². The Kier molecular flexibility index (Phi) is 5.47. The van der Waals surface area contributed by atoms with E-state index < -0.39 is 10.0 Å². The normalized spacial score (nSPS) is 14.8. The summed E-state index contributed by atoms with van der Waals surface area (Å²) >= 11 is 0. The summed E-state index contributed by atoms with van der Waals surface area (Å²) in [5, 5.41) is 0. The highest BCUT2D eigenvalue weighted by atomic mass is 32.3. The van der Waals surface area contributed by atoms with E-state index in [-0.39, 0.29) is 0 Å². The van der Waals surface area contributed by atoms with Gasteiger partial charge in [0.2, 0.25) is 0 Å². The molecule has 0 radical (unpaired) electrons. The minimum absolute atomic E-state index is 1.07. The number of rotatable bonds is 5. The number of fused-ring (bicyclic) bond motifs is 3. The van der Waals surface area contributed by atoms with Gasteiger partial charge in [-0.3, -0.25) is 0 Å². The molecule has 0 spiro atoms. The van der Waals surface area contributed by atoms with Crippen molar-refractivity contribution in [2.24, 2.45) is 0 Å². The zero-order valence-electron chi connectivity index (χ0n) is 19.5. The van der Waals surface area contributed by atoms with Gasteiger partial charge in [0.05, 0.1) is 5.69 Å². The van der Waals surface area contributed by atoms with Gasteiger partial charge in [-0.15, -0.1) is 0 Å². The Balaban J connectivity index is 1.72. The van der Waals surface area contributed by atoms with E-state index in [0.717, 1.165) is 11.4 Å². The summed E-state index contributed by atoms with van der Waals surface area (Å²) in [6.45, 7) is 6.21. The third kappa shape index (κ3) is 3.51. The molecule has 0 aromatic heterocycles. The number of allylic oxidation sites excluding steroid dienone is 2. The molecule has 0 saturated carbocycles. The third-order valence-electron chi connectivity index (χ3n) is 6.49. The van der Waals surface area contributed by atoms with E-state index in [9.17, 15) is 0 Å². The molecule has 4 aromatic carbocycles. The number of hydrogen-bond donors (Lipinski definition) is 0. The zero-order valence-corrected chi connectivity index (χ0v) is 20.3. The lowest BCUT2D eigenvalue weighted by molar-refractivity contribution is 1.19. The van der Waals surface area contributed by atoms with Crippen molar-refractivity contribution < 1.29 is 0 Å². The second-order valence-electron chi connectivity index (χ2n) is 8.64. The van der Waals surface area contributed by atoms with Crippen LogP contribution in [0.2, 0.25) is 0 Å². The molecule has 0 aliphatic carbocycles. The summed E-state index contributed by atoms with van der Waals surface area (Å²) in [6.07, 6.45) is 8.90. The maximum Gasteiger partial charge on any atom is 0.0539 e. The molecular formula is C31H29NS. The molecule has 2 heteroatoms. The Labute approximate surface area is 199 Å². The molecule has 0 saturated heterocycles. The van der Waals surface area contributed by atoms with Crippen LogP contribution in [-0.4, -0.2) is 12.5 Å². The van der Waals surface area contributed by atoms with E-state index >= 15 is 0 Å². The molecule has 0 atom stereocenters. The van der Waals surface area contributed by atoms with E-state index in [1.165, 1.54) is 37.7 Å². The molecule has 1 aliphatic heterocycles. The van der Waals surface area contributed by atoms with Crippen LogP contribution in [0.1, 0.15) is 6.92 Å². The van der Waals surface area contributed by atoms with Crippen molar-refractivity contribution in [1.82, 2.24) is 0 Å². The predicted molar refractivity (Wildman–Crippen MR) is 146 cm³/mol. The van der Waals surface area contributed by atoms with Gasteiger partial charge < -0.3 is 4.90 Å². The first-order valence-electron chi connectivity index (χ1n) is 11.3. The first kappa shape index (κ1) is 21.4. The molecular weight excluding hydrogens is 418 g/mol. The van der Waals surface area contributed by atoms with Gasteiger partial charge in [0.15, 0.2) is 0 Å². The first-order valence-corrected chi connectivity index (χ1v) is 13.7. The smallest absolute Gasteiger partial charge is 0.0539 e. The maximum atomic E-state index is 4.13. The molecule has 33 heavy (non-hydrogen) atoms. The van der Waals surface area contributed by atoms with Gasteiger partial charge in [0, 0.05) is 26.7 Å². The van der Waals surface area contributed by atoms with Gasteiger partial charge in [-0.2, -0.15) is 10.0 Å². The molecule has 164 valence electrons. The van der Waals surface area contributed by atoms with Crippen LogP contribution in [0.15, 0.2) is 131 Å². The fourth-order valence-electron chi connectivity index (χ4n) is 4.84. The molecule has 0 bridgehead atoms. The highest BCUT2D eigenvalue weighted by molar-refractivity contribution is 8.33. The Morgan fingerprint density at radius 1 is 0.727 bits per heavy atom. The van der Waals surface area contributed by atoms with Crippen LogP contribution in [0.25, 0.3) is 22.3 Å². The Morgan fingerprint density at radius 3 is 2.09 bits per heavy atom. The van der Waals surface area contributed by atoms with Crippen molar-refractivity contribution in [3.8, 4) is 22.3 Å². The molecule has 1 aliphatic rings. The van der Waals surface area contributed by atoms with E-state index in [0.29, 0.717) is 0 Å². The van der Waals surface area contributed by atoms with Crippen LogP contribution in [0, 0.1) is 0 Å². The van der Waals surface area contributed by atoms with E-state index in [1.807, 2.05) is 6.08 Å². The summed E-state index contributed by atoms with van der Waals surface area (Å²) in [5.41, 5.74) is 8.54. The van der Waals surface area contributed by atoms with Crippen molar-refractivity contribution in [1.29, 1.82) is 0 Å². The minimum atomic E-state index is -1.08. The molecule has 1 nitrogen and oxygen atoms in total. The van der Waals surface area contributed by atoms with Crippen molar-refractivity contribution in [2.45, 2.75) is 16.7 Å². The summed E-state index contributed by atoms with van der Waals surface area (Å²) in [6, 6.07) is 35.1. The van der Waals surface area contributed by atoms with Crippen LogP contribution < -0.4 is 4.90 Å². The number of anilines is 2. The standard InChI is InChI=1S/C31H29NS/c1-5-24(6-2)32(29-18-12-10-16-26(29)23-14-8-7-9-15-23)25-20-21-28-27-17-11-13-19-30(27)33(3,4)31(28)22-25/h5-22H,1H2,2-4H3/b24-6+. The molecule has 4 aromatic rings. The second kappa shape index (κ2) is 8.46. The number of nitrogens with zero attached hydrogens (tertiary/aromatic N) is 1. The van der Waals surface area contributed by atoms with Crippen molar-refractivity contribution in [3.63, 3.8) is 0 Å². The fraction of sp³-hybridized carbons (Fsp3) is 0.0968. The summed E-state index contributed by atoms with van der Waals surface area (Å²) in [5.74, 6) is 0. The van der Waals surface area contributed by atoms with Crippen LogP contribution in [0.4, 0.5) is 11.4 Å². The Bertz CT molecular complexity index is 1360. The van der Waals surface area contributed by atoms with Gasteiger partial charge in [-0.25, -0.2) is 0 Å². The molecule has 0 amide bonds. The highest BCUT2D eigenvalue weighted by Crippen LogP contribution is 2.67. The third-order valence-corrected chi connectivity index (χ3v) is 9.39. The number of hydrogen-bond acceptors (Lipinski definition) is 1. The number of benzene rings is 4. The van der Waals surface area contributed by atoms with Crippen LogP contribution >= 0.6 is 10.0 Å². The van der Waals surface area contributed by atoms with Crippen molar-refractivity contribution >= 4 is 21.4 Å². The Hall–Kier alpha value is -3.49. The molecule has 5 rings (SSSR count). The lowest BCUT2D eigenvalue weighted by Crippen LogP contribution is -2.16. The van der Waals surface area contributed by atoms with Gasteiger partial charge in [-0.05, 0) is 66.5 Å². The topological polar surface area (TPSA) is 3.24 Å². The van der Waals surface area contributed by atoms with Crippen LogP contribution in [0.5, 0.6) is 0 Å². The van der Waals surface area contributed by atoms with Gasteiger partial charge in [-0.1, -0.05) is 85.5 Å². The minimum Gasteiger partial charge on any atom is -0.310 e. The van der Waals surface area contributed by atoms with E-state index in [4.69, 9.17) is 0 Å². The van der Waals surface area contributed by atoms with Gasteiger partial charge in [0.1, 0.15) is 0 Å². The summed E-state index contributed by atoms with van der Waals surface area (Å²) in [7, 11) is -1.08. The molecule has 0 fully saturated rings. The maximum absolute atomic E-state index is 4.13.